The lowest BCUT2D eigenvalue weighted by atomic mass is 9.76. The summed E-state index contributed by atoms with van der Waals surface area (Å²) in [7, 11) is 1.39. The maximum Gasteiger partial charge on any atom is 0.407 e. The van der Waals surface area contributed by atoms with E-state index in [0.717, 1.165) is 12.8 Å². The molecule has 222 valence electrons. The Balaban J connectivity index is 1.22. The molecule has 41 heavy (non-hydrogen) atoms. The molecule has 3 N–H and O–H groups in total. The van der Waals surface area contributed by atoms with Gasteiger partial charge in [0.15, 0.2) is 0 Å². The minimum Gasteiger partial charge on any atom is -0.468 e. The molecule has 1 fully saturated rings. The molecule has 0 saturated heterocycles. The maximum absolute atomic E-state index is 12.5. The third-order valence-corrected chi connectivity index (χ3v) is 7.78. The van der Waals surface area contributed by atoms with Crippen molar-refractivity contribution >= 4 is 18.2 Å². The zero-order chi connectivity index (χ0) is 29.5. The Morgan fingerprint density at radius 3 is 2.15 bits per heavy atom. The third-order valence-electron chi connectivity index (χ3n) is 7.78. The molecule has 0 bridgehead atoms. The first-order chi connectivity index (χ1) is 19.6. The van der Waals surface area contributed by atoms with Gasteiger partial charge >= 0.3 is 18.2 Å². The highest BCUT2D eigenvalue weighted by molar-refractivity contribution is 5.82. The second-order valence-electron chi connectivity index (χ2n) is 11.9. The maximum atomic E-state index is 12.5. The van der Waals surface area contributed by atoms with Gasteiger partial charge in [0.25, 0.3) is 0 Å². The summed E-state index contributed by atoms with van der Waals surface area (Å²) >= 11 is 0. The summed E-state index contributed by atoms with van der Waals surface area (Å²) in [5, 5.41) is 9.11. The largest absolute Gasteiger partial charge is 0.468 e. The van der Waals surface area contributed by atoms with E-state index in [-0.39, 0.29) is 24.5 Å². The number of methoxy groups -OCH3 is 1. The fourth-order valence-corrected chi connectivity index (χ4v) is 5.55. The topological polar surface area (TPSA) is 115 Å². The Bertz CT molecular complexity index is 1170. The molecule has 4 rings (SSSR count). The van der Waals surface area contributed by atoms with Crippen molar-refractivity contribution in [1.29, 1.82) is 0 Å². The van der Waals surface area contributed by atoms with Gasteiger partial charge in [-0.15, -0.1) is 0 Å². The third kappa shape index (κ3) is 7.79. The van der Waals surface area contributed by atoms with Crippen molar-refractivity contribution in [2.24, 2.45) is 0 Å². The van der Waals surface area contributed by atoms with Crippen LogP contribution >= 0.6 is 0 Å². The Kier molecular flexibility index (Phi) is 9.91. The molecule has 2 amide bonds. The van der Waals surface area contributed by atoms with Crippen LogP contribution in [0.2, 0.25) is 0 Å². The minimum atomic E-state index is -0.686. The molecule has 2 aliphatic rings. The highest BCUT2D eigenvalue weighted by atomic mass is 16.6. The average molecular weight is 566 g/mol. The molecule has 1 saturated carbocycles. The molecule has 0 spiro atoms. The molecule has 9 heteroatoms. The van der Waals surface area contributed by atoms with Crippen LogP contribution in [0, 0.1) is 0 Å². The molecule has 9 nitrogen and oxygen atoms in total. The molecule has 0 unspecified atom stereocenters. The van der Waals surface area contributed by atoms with Crippen LogP contribution < -0.4 is 16.0 Å². The van der Waals surface area contributed by atoms with E-state index in [2.05, 4.69) is 40.2 Å². The molecule has 0 heterocycles. The predicted octanol–water partition coefficient (Wildman–Crippen LogP) is 5.27. The summed E-state index contributed by atoms with van der Waals surface area (Å²) in [6.07, 6.45) is 3.54. The van der Waals surface area contributed by atoms with Crippen LogP contribution in [0.1, 0.15) is 76.3 Å². The zero-order valence-electron chi connectivity index (χ0n) is 24.6. The Labute approximate surface area is 242 Å². The van der Waals surface area contributed by atoms with Crippen LogP contribution in [-0.4, -0.2) is 62.1 Å². The molecule has 0 aliphatic heterocycles. The van der Waals surface area contributed by atoms with Gasteiger partial charge in [-0.05, 0) is 81.5 Å². The Hall–Kier alpha value is -3.59. The van der Waals surface area contributed by atoms with E-state index in [9.17, 15) is 14.4 Å². The van der Waals surface area contributed by atoms with Crippen LogP contribution in [0.25, 0.3) is 11.1 Å². The molecule has 0 radical (unpaired) electrons. The standard InChI is InChI=1S/C32H43N3O6/c1-31(2,3)41-30(38)35-22(20-34-32(17-11-18-32)28(36)39-4)12-9-10-19-33-29(37)40-21-27-25-15-7-5-13-23(25)24-14-6-8-16-26(24)27/h5-8,13-16,22,27,34H,9-12,17-21H2,1-4H3,(H,33,37)(H,35,38)/t22-/m0/s1. The molecular weight excluding hydrogens is 522 g/mol. The van der Waals surface area contributed by atoms with E-state index in [1.54, 1.807) is 0 Å². The number of fused-ring (bicyclic) bond motifs is 3. The summed E-state index contributed by atoms with van der Waals surface area (Å²) < 4.78 is 16.0. The van der Waals surface area contributed by atoms with E-state index >= 15 is 0 Å². The van der Waals surface area contributed by atoms with Gasteiger partial charge < -0.3 is 24.8 Å². The lowest BCUT2D eigenvalue weighted by Crippen LogP contribution is -2.60. The van der Waals surface area contributed by atoms with E-state index in [0.29, 0.717) is 38.8 Å². The molecule has 0 aromatic heterocycles. The van der Waals surface area contributed by atoms with Crippen molar-refractivity contribution in [1.82, 2.24) is 16.0 Å². The van der Waals surface area contributed by atoms with Gasteiger partial charge in [-0.2, -0.15) is 0 Å². The number of ether oxygens (including phenoxy) is 3. The normalized spacial score (nSPS) is 16.0. The van der Waals surface area contributed by atoms with Gasteiger partial charge in [0, 0.05) is 25.0 Å². The lowest BCUT2D eigenvalue weighted by molar-refractivity contribution is -0.152. The number of hydrogen-bond donors (Lipinski definition) is 3. The van der Waals surface area contributed by atoms with Gasteiger partial charge in [-0.1, -0.05) is 48.5 Å². The number of alkyl carbamates (subject to hydrolysis) is 2. The lowest BCUT2D eigenvalue weighted by Gasteiger charge is -2.40. The molecule has 2 aromatic rings. The van der Waals surface area contributed by atoms with Gasteiger partial charge in [0.1, 0.15) is 17.7 Å². The van der Waals surface area contributed by atoms with Crippen LogP contribution in [0.4, 0.5) is 9.59 Å². The fraction of sp³-hybridized carbons (Fsp3) is 0.531. The van der Waals surface area contributed by atoms with Gasteiger partial charge in [0.2, 0.25) is 0 Å². The summed E-state index contributed by atoms with van der Waals surface area (Å²) in [5.41, 5.74) is 3.43. The first-order valence-electron chi connectivity index (χ1n) is 14.5. The average Bonchev–Trinajstić information content (AvgIpc) is 3.23. The van der Waals surface area contributed by atoms with Crippen molar-refractivity contribution < 1.29 is 28.6 Å². The summed E-state index contributed by atoms with van der Waals surface area (Å²) in [4.78, 5) is 37.2. The SMILES string of the molecule is COC(=O)C1(NC[C@H](CCCCNC(=O)OCC2c3ccccc3-c3ccccc32)NC(=O)OC(C)(C)C)CCC1. The van der Waals surface area contributed by atoms with Crippen molar-refractivity contribution in [3.63, 3.8) is 0 Å². The monoisotopic (exact) mass is 565 g/mol. The first-order valence-corrected chi connectivity index (χ1v) is 14.5. The Morgan fingerprint density at radius 2 is 1.59 bits per heavy atom. The Morgan fingerprint density at radius 1 is 0.951 bits per heavy atom. The minimum absolute atomic E-state index is 0.0179. The molecule has 1 atom stereocenters. The van der Waals surface area contributed by atoms with Gasteiger partial charge in [-0.3, -0.25) is 10.1 Å². The highest BCUT2D eigenvalue weighted by Gasteiger charge is 2.45. The number of hydrogen-bond acceptors (Lipinski definition) is 7. The number of amides is 2. The van der Waals surface area contributed by atoms with Crippen molar-refractivity contribution in [2.45, 2.75) is 82.4 Å². The number of benzene rings is 2. The number of carbonyl (C=O) groups excluding carboxylic acids is 3. The second kappa shape index (κ2) is 13.4. The van der Waals surface area contributed by atoms with Crippen LogP contribution in [0.15, 0.2) is 48.5 Å². The summed E-state index contributed by atoms with van der Waals surface area (Å²) in [6.45, 7) is 6.58. The van der Waals surface area contributed by atoms with E-state index in [1.807, 2.05) is 45.0 Å². The van der Waals surface area contributed by atoms with E-state index < -0.39 is 23.3 Å². The van der Waals surface area contributed by atoms with Crippen molar-refractivity contribution in [3.05, 3.63) is 59.7 Å². The number of carbonyl (C=O) groups is 3. The first kappa shape index (κ1) is 30.4. The highest BCUT2D eigenvalue weighted by Crippen LogP contribution is 2.44. The smallest absolute Gasteiger partial charge is 0.407 e. The number of esters is 1. The van der Waals surface area contributed by atoms with Crippen LogP contribution in [-0.2, 0) is 19.0 Å². The molecule has 2 aliphatic carbocycles. The van der Waals surface area contributed by atoms with Gasteiger partial charge in [0.05, 0.1) is 7.11 Å². The molecular formula is C32H43N3O6. The second-order valence-corrected chi connectivity index (χ2v) is 11.9. The van der Waals surface area contributed by atoms with Crippen molar-refractivity contribution in [3.8, 4) is 11.1 Å². The number of nitrogens with one attached hydrogen (secondary N) is 3. The predicted molar refractivity (Wildman–Crippen MR) is 157 cm³/mol. The zero-order valence-corrected chi connectivity index (χ0v) is 24.6. The summed E-state index contributed by atoms with van der Waals surface area (Å²) in [5.74, 6) is -0.253. The van der Waals surface area contributed by atoms with E-state index in [4.69, 9.17) is 14.2 Å². The summed E-state index contributed by atoms with van der Waals surface area (Å²) in [6, 6.07) is 16.2. The van der Waals surface area contributed by atoms with Crippen LogP contribution in [0.5, 0.6) is 0 Å². The number of rotatable bonds is 12. The van der Waals surface area contributed by atoms with Crippen molar-refractivity contribution in [2.75, 3.05) is 26.8 Å². The number of unbranched alkanes of at least 4 members (excludes halogenated alkanes) is 1. The van der Waals surface area contributed by atoms with Crippen LogP contribution in [0.3, 0.4) is 0 Å². The fourth-order valence-electron chi connectivity index (χ4n) is 5.55. The van der Waals surface area contributed by atoms with E-state index in [1.165, 1.54) is 29.4 Å². The molecule has 2 aromatic carbocycles. The van der Waals surface area contributed by atoms with Gasteiger partial charge in [-0.25, -0.2) is 9.59 Å². The quantitative estimate of drug-likeness (QED) is 0.182.